The molecule has 0 saturated heterocycles. The van der Waals surface area contributed by atoms with Gasteiger partial charge in [0, 0.05) is 18.0 Å². The monoisotopic (exact) mass is 290 g/mol. The Labute approximate surface area is 129 Å². The van der Waals surface area contributed by atoms with E-state index >= 15 is 0 Å². The van der Waals surface area contributed by atoms with Gasteiger partial charge in [-0.3, -0.25) is 0 Å². The van der Waals surface area contributed by atoms with Crippen LogP contribution in [-0.4, -0.2) is 18.1 Å². The molecule has 3 heteroatoms. The van der Waals surface area contributed by atoms with Crippen LogP contribution in [0.3, 0.4) is 0 Å². The van der Waals surface area contributed by atoms with Gasteiger partial charge in [-0.15, -0.1) is 0 Å². The Kier molecular flexibility index (Phi) is 5.26. The molecule has 0 spiro atoms. The highest BCUT2D eigenvalue weighted by atomic mass is 16.5. The molecule has 3 nitrogen and oxygen atoms in total. The number of pyridine rings is 1. The fraction of sp³-hybridized carbons (Fsp3) is 0.722. The molecule has 1 saturated carbocycles. The highest BCUT2D eigenvalue weighted by molar-refractivity contribution is 5.28. The van der Waals surface area contributed by atoms with Crippen molar-refractivity contribution in [3.8, 4) is 5.88 Å². The van der Waals surface area contributed by atoms with Crippen molar-refractivity contribution >= 4 is 0 Å². The molecular weight excluding hydrogens is 260 g/mol. The number of hydrogen-bond donors (Lipinski definition) is 1. The summed E-state index contributed by atoms with van der Waals surface area (Å²) in [6.07, 6.45) is 5.19. The van der Waals surface area contributed by atoms with Crippen LogP contribution in [0.5, 0.6) is 5.88 Å². The molecule has 0 unspecified atom stereocenters. The lowest BCUT2D eigenvalue weighted by Crippen LogP contribution is -2.24. The number of nitrogens with one attached hydrogen (secondary N) is 1. The first-order valence-electron chi connectivity index (χ1n) is 8.21. The molecule has 1 N–H and O–H groups in total. The number of aromatic nitrogens is 1. The molecule has 1 heterocycles. The number of nitrogens with zero attached hydrogens (tertiary/aromatic N) is 1. The minimum atomic E-state index is 0.0446. The topological polar surface area (TPSA) is 34.1 Å². The maximum absolute atomic E-state index is 6.19. The molecule has 2 rings (SSSR count). The standard InChI is InChI=1S/C18H30N2O/c1-13-6-8-15(9-7-13)21-17-11-14(12-19-5)10-16(20-17)18(2,3)4/h10-11,13,15,19H,6-9,12H2,1-5H3. The van der Waals surface area contributed by atoms with Crippen LogP contribution in [0.2, 0.25) is 0 Å². The van der Waals surface area contributed by atoms with E-state index in [0.717, 1.165) is 36.9 Å². The zero-order chi connectivity index (χ0) is 15.5. The summed E-state index contributed by atoms with van der Waals surface area (Å²) < 4.78 is 6.19. The second kappa shape index (κ2) is 6.78. The SMILES string of the molecule is CNCc1cc(OC2CCC(C)CC2)nc(C(C)(C)C)c1. The van der Waals surface area contributed by atoms with E-state index in [1.165, 1.54) is 18.4 Å². The lowest BCUT2D eigenvalue weighted by Gasteiger charge is -2.27. The van der Waals surface area contributed by atoms with Crippen molar-refractivity contribution in [2.24, 2.45) is 5.92 Å². The molecule has 1 aliphatic rings. The Hall–Kier alpha value is -1.09. The van der Waals surface area contributed by atoms with E-state index in [0.29, 0.717) is 6.10 Å². The van der Waals surface area contributed by atoms with Crippen LogP contribution in [-0.2, 0) is 12.0 Å². The van der Waals surface area contributed by atoms with Gasteiger partial charge in [-0.05, 0) is 50.3 Å². The summed E-state index contributed by atoms with van der Waals surface area (Å²) in [6.45, 7) is 9.78. The van der Waals surface area contributed by atoms with Crippen LogP contribution < -0.4 is 10.1 Å². The number of rotatable bonds is 4. The van der Waals surface area contributed by atoms with E-state index in [9.17, 15) is 0 Å². The van der Waals surface area contributed by atoms with Crippen molar-refractivity contribution in [3.05, 3.63) is 23.4 Å². The van der Waals surface area contributed by atoms with Crippen LogP contribution in [0.25, 0.3) is 0 Å². The largest absolute Gasteiger partial charge is 0.474 e. The van der Waals surface area contributed by atoms with Crippen molar-refractivity contribution in [2.45, 2.75) is 71.4 Å². The molecule has 1 aromatic rings. The molecule has 1 aromatic heterocycles. The highest BCUT2D eigenvalue weighted by Crippen LogP contribution is 2.29. The van der Waals surface area contributed by atoms with Gasteiger partial charge in [0.05, 0.1) is 5.69 Å². The van der Waals surface area contributed by atoms with Gasteiger partial charge in [-0.1, -0.05) is 27.7 Å². The summed E-state index contributed by atoms with van der Waals surface area (Å²) >= 11 is 0. The summed E-state index contributed by atoms with van der Waals surface area (Å²) in [5, 5.41) is 3.22. The summed E-state index contributed by atoms with van der Waals surface area (Å²) in [7, 11) is 1.97. The highest BCUT2D eigenvalue weighted by Gasteiger charge is 2.22. The Bertz CT molecular complexity index is 457. The second-order valence-electron chi connectivity index (χ2n) is 7.48. The average molecular weight is 290 g/mol. The molecule has 118 valence electrons. The lowest BCUT2D eigenvalue weighted by molar-refractivity contribution is 0.129. The minimum Gasteiger partial charge on any atom is -0.474 e. The van der Waals surface area contributed by atoms with Crippen LogP contribution in [0.1, 0.15) is 64.6 Å². The van der Waals surface area contributed by atoms with E-state index in [1.807, 2.05) is 7.05 Å². The van der Waals surface area contributed by atoms with E-state index in [1.54, 1.807) is 0 Å². The summed E-state index contributed by atoms with van der Waals surface area (Å²) in [5.74, 6) is 1.64. The maximum atomic E-state index is 6.19. The van der Waals surface area contributed by atoms with Crippen molar-refractivity contribution in [1.29, 1.82) is 0 Å². The molecule has 0 aliphatic heterocycles. The Morgan fingerprint density at radius 2 is 1.86 bits per heavy atom. The molecule has 0 aromatic carbocycles. The van der Waals surface area contributed by atoms with Gasteiger partial charge in [-0.25, -0.2) is 4.98 Å². The molecule has 0 radical (unpaired) electrons. The zero-order valence-electron chi connectivity index (χ0n) is 14.2. The van der Waals surface area contributed by atoms with E-state index in [-0.39, 0.29) is 5.41 Å². The van der Waals surface area contributed by atoms with E-state index in [4.69, 9.17) is 9.72 Å². The van der Waals surface area contributed by atoms with Crippen LogP contribution >= 0.6 is 0 Å². The number of hydrogen-bond acceptors (Lipinski definition) is 3. The summed E-state index contributed by atoms with van der Waals surface area (Å²) in [5.41, 5.74) is 2.40. The summed E-state index contributed by atoms with van der Waals surface area (Å²) in [6, 6.07) is 4.27. The van der Waals surface area contributed by atoms with Crippen molar-refractivity contribution < 1.29 is 4.74 Å². The first kappa shape index (κ1) is 16.3. The van der Waals surface area contributed by atoms with Crippen molar-refractivity contribution in [2.75, 3.05) is 7.05 Å². The van der Waals surface area contributed by atoms with Gasteiger partial charge < -0.3 is 10.1 Å². The molecular formula is C18H30N2O. The van der Waals surface area contributed by atoms with E-state index < -0.39 is 0 Å². The van der Waals surface area contributed by atoms with Crippen molar-refractivity contribution in [3.63, 3.8) is 0 Å². The maximum Gasteiger partial charge on any atom is 0.214 e. The Balaban J connectivity index is 2.15. The van der Waals surface area contributed by atoms with Crippen LogP contribution in [0.15, 0.2) is 12.1 Å². The Morgan fingerprint density at radius 1 is 1.19 bits per heavy atom. The third-order valence-electron chi connectivity index (χ3n) is 4.26. The zero-order valence-corrected chi connectivity index (χ0v) is 14.2. The average Bonchev–Trinajstić information content (AvgIpc) is 2.41. The fourth-order valence-corrected chi connectivity index (χ4v) is 2.83. The molecule has 21 heavy (non-hydrogen) atoms. The predicted molar refractivity (Wildman–Crippen MR) is 87.7 cm³/mol. The van der Waals surface area contributed by atoms with Gasteiger partial charge in [-0.2, -0.15) is 0 Å². The normalized spacial score (nSPS) is 23.1. The van der Waals surface area contributed by atoms with Gasteiger partial charge in [0.25, 0.3) is 0 Å². The van der Waals surface area contributed by atoms with Gasteiger partial charge in [0.2, 0.25) is 5.88 Å². The fourth-order valence-electron chi connectivity index (χ4n) is 2.83. The minimum absolute atomic E-state index is 0.0446. The predicted octanol–water partition coefficient (Wildman–Crippen LogP) is 4.06. The smallest absolute Gasteiger partial charge is 0.214 e. The molecule has 0 atom stereocenters. The van der Waals surface area contributed by atoms with Crippen molar-refractivity contribution in [1.82, 2.24) is 10.3 Å². The molecule has 1 aliphatic carbocycles. The first-order valence-corrected chi connectivity index (χ1v) is 8.21. The third-order valence-corrected chi connectivity index (χ3v) is 4.26. The third kappa shape index (κ3) is 4.70. The Morgan fingerprint density at radius 3 is 2.43 bits per heavy atom. The van der Waals surface area contributed by atoms with Gasteiger partial charge >= 0.3 is 0 Å². The quantitative estimate of drug-likeness (QED) is 0.908. The lowest BCUT2D eigenvalue weighted by atomic mass is 9.89. The molecule has 0 amide bonds. The van der Waals surface area contributed by atoms with E-state index in [2.05, 4.69) is 45.1 Å². The van der Waals surface area contributed by atoms with Crippen LogP contribution in [0, 0.1) is 5.92 Å². The molecule has 0 bridgehead atoms. The van der Waals surface area contributed by atoms with Crippen LogP contribution in [0.4, 0.5) is 0 Å². The number of ether oxygens (including phenoxy) is 1. The second-order valence-corrected chi connectivity index (χ2v) is 7.48. The van der Waals surface area contributed by atoms with Gasteiger partial charge in [0.15, 0.2) is 0 Å². The summed E-state index contributed by atoms with van der Waals surface area (Å²) in [4.78, 5) is 4.75. The van der Waals surface area contributed by atoms with Gasteiger partial charge in [0.1, 0.15) is 6.10 Å². The molecule has 1 fully saturated rings. The first-order chi connectivity index (χ1) is 9.88.